The summed E-state index contributed by atoms with van der Waals surface area (Å²) >= 11 is 0. The maximum absolute atomic E-state index is 8.95. The molecule has 4 N–H and O–H groups in total. The standard InChI is InChI=1S/C12H23N5O/c1-4-17(6-5-7-18)12-10(9(2)3)11(16-13)14-8-15-12/h8-9,18H,4-7,13H2,1-3H3,(H,14,15,16). The van der Waals surface area contributed by atoms with Crippen molar-refractivity contribution in [3.8, 4) is 0 Å². The van der Waals surface area contributed by atoms with Crippen LogP contribution in [0.3, 0.4) is 0 Å². The van der Waals surface area contributed by atoms with Crippen LogP contribution in [0.25, 0.3) is 0 Å². The topological polar surface area (TPSA) is 87.3 Å². The number of rotatable bonds is 7. The van der Waals surface area contributed by atoms with Crippen LogP contribution in [0.2, 0.25) is 0 Å². The number of nitrogens with two attached hydrogens (primary N) is 1. The van der Waals surface area contributed by atoms with Gasteiger partial charge in [0.05, 0.1) is 0 Å². The van der Waals surface area contributed by atoms with Gasteiger partial charge in [-0.25, -0.2) is 15.8 Å². The number of nitrogens with zero attached hydrogens (tertiary/aromatic N) is 3. The molecule has 102 valence electrons. The number of hydrazine groups is 1. The van der Waals surface area contributed by atoms with Gasteiger partial charge in [0.15, 0.2) is 0 Å². The van der Waals surface area contributed by atoms with Gasteiger partial charge in [0.1, 0.15) is 18.0 Å². The van der Waals surface area contributed by atoms with Crippen LogP contribution in [-0.2, 0) is 0 Å². The van der Waals surface area contributed by atoms with Gasteiger partial charge in [-0.3, -0.25) is 0 Å². The quantitative estimate of drug-likeness (QED) is 0.498. The van der Waals surface area contributed by atoms with Crippen LogP contribution < -0.4 is 16.2 Å². The first-order valence-electron chi connectivity index (χ1n) is 6.33. The molecule has 0 bridgehead atoms. The van der Waals surface area contributed by atoms with E-state index in [1.807, 2.05) is 0 Å². The minimum absolute atomic E-state index is 0.181. The van der Waals surface area contributed by atoms with Gasteiger partial charge >= 0.3 is 0 Å². The number of aliphatic hydroxyl groups is 1. The molecule has 1 aromatic rings. The first kappa shape index (κ1) is 14.7. The van der Waals surface area contributed by atoms with Crippen LogP contribution in [0.15, 0.2) is 6.33 Å². The third-order valence-electron chi connectivity index (χ3n) is 2.84. The summed E-state index contributed by atoms with van der Waals surface area (Å²) < 4.78 is 0. The maximum atomic E-state index is 8.95. The molecule has 0 saturated carbocycles. The fourth-order valence-electron chi connectivity index (χ4n) is 1.96. The molecule has 0 fully saturated rings. The Morgan fingerprint density at radius 3 is 2.67 bits per heavy atom. The number of anilines is 2. The van der Waals surface area contributed by atoms with E-state index in [0.29, 0.717) is 5.82 Å². The first-order chi connectivity index (χ1) is 8.65. The average molecular weight is 253 g/mol. The van der Waals surface area contributed by atoms with Crippen LogP contribution >= 0.6 is 0 Å². The second-order valence-electron chi connectivity index (χ2n) is 4.42. The van der Waals surface area contributed by atoms with Crippen molar-refractivity contribution in [2.45, 2.75) is 33.1 Å². The lowest BCUT2D eigenvalue weighted by Crippen LogP contribution is -2.28. The summed E-state index contributed by atoms with van der Waals surface area (Å²) in [7, 11) is 0. The lowest BCUT2D eigenvalue weighted by Gasteiger charge is -2.26. The van der Waals surface area contributed by atoms with Gasteiger partial charge in [0.25, 0.3) is 0 Å². The molecular formula is C12H23N5O. The normalized spacial score (nSPS) is 10.8. The highest BCUT2D eigenvalue weighted by Gasteiger charge is 2.18. The van der Waals surface area contributed by atoms with Crippen molar-refractivity contribution < 1.29 is 5.11 Å². The lowest BCUT2D eigenvalue weighted by atomic mass is 10.0. The Hall–Kier alpha value is -1.40. The Balaban J connectivity index is 3.12. The van der Waals surface area contributed by atoms with Crippen molar-refractivity contribution in [2.24, 2.45) is 5.84 Å². The fourth-order valence-corrected chi connectivity index (χ4v) is 1.96. The molecule has 0 atom stereocenters. The smallest absolute Gasteiger partial charge is 0.148 e. The van der Waals surface area contributed by atoms with Crippen molar-refractivity contribution >= 4 is 11.6 Å². The van der Waals surface area contributed by atoms with Crippen molar-refractivity contribution in [1.82, 2.24) is 9.97 Å². The van der Waals surface area contributed by atoms with E-state index in [0.717, 1.165) is 30.9 Å². The Bertz CT molecular complexity index is 369. The Morgan fingerprint density at radius 2 is 2.17 bits per heavy atom. The fraction of sp³-hybridized carbons (Fsp3) is 0.667. The van der Waals surface area contributed by atoms with Crippen molar-refractivity contribution in [3.63, 3.8) is 0 Å². The molecule has 0 amide bonds. The molecule has 1 aromatic heterocycles. The molecule has 0 unspecified atom stereocenters. The number of aliphatic hydroxyl groups excluding tert-OH is 1. The largest absolute Gasteiger partial charge is 0.396 e. The van der Waals surface area contributed by atoms with E-state index in [4.69, 9.17) is 10.9 Å². The van der Waals surface area contributed by atoms with Crippen molar-refractivity contribution in [1.29, 1.82) is 0 Å². The highest BCUT2D eigenvalue weighted by Crippen LogP contribution is 2.30. The Kier molecular flexibility index (Phi) is 5.80. The van der Waals surface area contributed by atoms with Crippen LogP contribution in [-0.4, -0.2) is 34.8 Å². The Morgan fingerprint density at radius 1 is 1.44 bits per heavy atom. The van der Waals surface area contributed by atoms with E-state index in [1.165, 1.54) is 6.33 Å². The molecule has 18 heavy (non-hydrogen) atoms. The minimum Gasteiger partial charge on any atom is -0.396 e. The summed E-state index contributed by atoms with van der Waals surface area (Å²) in [6, 6.07) is 0. The zero-order chi connectivity index (χ0) is 13.5. The summed E-state index contributed by atoms with van der Waals surface area (Å²) in [6.07, 6.45) is 2.23. The zero-order valence-corrected chi connectivity index (χ0v) is 11.3. The summed E-state index contributed by atoms with van der Waals surface area (Å²) in [4.78, 5) is 10.7. The van der Waals surface area contributed by atoms with E-state index in [2.05, 4.69) is 41.1 Å². The maximum Gasteiger partial charge on any atom is 0.148 e. The van der Waals surface area contributed by atoms with E-state index >= 15 is 0 Å². The molecule has 0 aromatic carbocycles. The summed E-state index contributed by atoms with van der Waals surface area (Å²) in [5.41, 5.74) is 3.64. The molecule has 6 nitrogen and oxygen atoms in total. The van der Waals surface area contributed by atoms with E-state index in [9.17, 15) is 0 Å². The molecule has 0 radical (unpaired) electrons. The number of nitrogens with one attached hydrogen (secondary N) is 1. The van der Waals surface area contributed by atoms with Crippen molar-refractivity contribution in [3.05, 3.63) is 11.9 Å². The molecule has 0 aliphatic carbocycles. The first-order valence-corrected chi connectivity index (χ1v) is 6.33. The predicted molar refractivity (Wildman–Crippen MR) is 73.5 cm³/mol. The molecule has 6 heteroatoms. The monoisotopic (exact) mass is 253 g/mol. The molecule has 1 heterocycles. The average Bonchev–Trinajstić information content (AvgIpc) is 2.38. The van der Waals surface area contributed by atoms with E-state index < -0.39 is 0 Å². The number of nitrogen functional groups attached to an aromatic ring is 1. The van der Waals surface area contributed by atoms with Crippen LogP contribution in [0, 0.1) is 0 Å². The molecule has 0 aliphatic rings. The number of hydrogen-bond donors (Lipinski definition) is 3. The van der Waals surface area contributed by atoms with Crippen LogP contribution in [0.1, 0.15) is 38.7 Å². The molecule has 0 aliphatic heterocycles. The van der Waals surface area contributed by atoms with Crippen molar-refractivity contribution in [2.75, 3.05) is 30.0 Å². The molecule has 0 saturated heterocycles. The van der Waals surface area contributed by atoms with Gasteiger partial charge in [-0.15, -0.1) is 0 Å². The van der Waals surface area contributed by atoms with E-state index in [-0.39, 0.29) is 12.5 Å². The van der Waals surface area contributed by atoms with Crippen LogP contribution in [0.5, 0.6) is 0 Å². The SMILES string of the molecule is CCN(CCCO)c1ncnc(NN)c1C(C)C. The predicted octanol–water partition coefficient (Wildman–Crippen LogP) is 1.09. The third kappa shape index (κ3) is 3.30. The van der Waals surface area contributed by atoms with Gasteiger partial charge in [0, 0.05) is 25.3 Å². The van der Waals surface area contributed by atoms with Gasteiger partial charge in [-0.1, -0.05) is 13.8 Å². The second-order valence-corrected chi connectivity index (χ2v) is 4.42. The van der Waals surface area contributed by atoms with Gasteiger partial charge in [-0.2, -0.15) is 0 Å². The lowest BCUT2D eigenvalue weighted by molar-refractivity contribution is 0.289. The second kappa shape index (κ2) is 7.13. The summed E-state index contributed by atoms with van der Waals surface area (Å²) in [5, 5.41) is 8.95. The van der Waals surface area contributed by atoms with E-state index in [1.54, 1.807) is 0 Å². The highest BCUT2D eigenvalue weighted by molar-refractivity contribution is 5.59. The molecule has 0 spiro atoms. The third-order valence-corrected chi connectivity index (χ3v) is 2.84. The zero-order valence-electron chi connectivity index (χ0n) is 11.3. The van der Waals surface area contributed by atoms with Crippen LogP contribution in [0.4, 0.5) is 11.6 Å². The summed E-state index contributed by atoms with van der Waals surface area (Å²) in [6.45, 7) is 8.03. The van der Waals surface area contributed by atoms with Gasteiger partial charge in [-0.05, 0) is 19.3 Å². The van der Waals surface area contributed by atoms with Gasteiger partial charge in [0.2, 0.25) is 0 Å². The summed E-state index contributed by atoms with van der Waals surface area (Å²) in [5.74, 6) is 7.33. The molecule has 1 rings (SSSR count). The number of aromatic nitrogens is 2. The highest BCUT2D eigenvalue weighted by atomic mass is 16.3. The molecular weight excluding hydrogens is 230 g/mol. The number of hydrogen-bond acceptors (Lipinski definition) is 6. The van der Waals surface area contributed by atoms with Gasteiger partial charge < -0.3 is 15.4 Å². The minimum atomic E-state index is 0.181. The Labute approximate surface area is 108 Å².